The van der Waals surface area contributed by atoms with Crippen molar-refractivity contribution in [3.05, 3.63) is 51.9 Å². The molecule has 0 fully saturated rings. The smallest absolute Gasteiger partial charge is 0.348 e. The van der Waals surface area contributed by atoms with E-state index in [0.29, 0.717) is 12.1 Å². The summed E-state index contributed by atoms with van der Waals surface area (Å²) in [7, 11) is 1.50. The monoisotopic (exact) mass is 448 g/mol. The number of rotatable bonds is 12. The molecule has 2 N–H and O–H groups in total. The van der Waals surface area contributed by atoms with E-state index in [-0.39, 0.29) is 47.7 Å². The molecular weight excluding hydrogens is 420 g/mol. The van der Waals surface area contributed by atoms with E-state index < -0.39 is 11.9 Å². The van der Waals surface area contributed by atoms with Gasteiger partial charge in [-0.2, -0.15) is 0 Å². The maximum Gasteiger partial charge on any atom is 0.348 e. The second-order valence-corrected chi connectivity index (χ2v) is 7.59. The first kappa shape index (κ1) is 24.5. The Morgan fingerprint density at radius 3 is 2.45 bits per heavy atom. The molecule has 0 saturated heterocycles. The van der Waals surface area contributed by atoms with E-state index in [1.165, 1.54) is 12.7 Å². The van der Waals surface area contributed by atoms with E-state index >= 15 is 0 Å². The summed E-state index contributed by atoms with van der Waals surface area (Å²) in [4.78, 5) is 37.4. The Labute approximate surface area is 185 Å². The number of esters is 2. The van der Waals surface area contributed by atoms with Crippen LogP contribution in [0.5, 0.6) is 0 Å². The van der Waals surface area contributed by atoms with Crippen LogP contribution in [-0.2, 0) is 25.4 Å². The summed E-state index contributed by atoms with van der Waals surface area (Å²) in [6.45, 7) is 4.55. The molecule has 8 nitrogen and oxygen atoms in total. The Morgan fingerprint density at radius 2 is 1.77 bits per heavy atom. The van der Waals surface area contributed by atoms with E-state index in [2.05, 4.69) is 10.6 Å². The van der Waals surface area contributed by atoms with Gasteiger partial charge in [0.25, 0.3) is 0 Å². The zero-order valence-electron chi connectivity index (χ0n) is 18.0. The number of benzene rings is 1. The Bertz CT molecular complexity index is 882. The molecule has 0 radical (unpaired) electrons. The fourth-order valence-electron chi connectivity index (χ4n) is 2.78. The minimum absolute atomic E-state index is 0.0691. The molecule has 9 heteroatoms. The average molecular weight is 449 g/mol. The lowest BCUT2D eigenvalue weighted by Gasteiger charge is -2.08. The van der Waals surface area contributed by atoms with E-state index in [4.69, 9.17) is 14.2 Å². The molecular formula is C22H28N2O6S. The van der Waals surface area contributed by atoms with Crippen molar-refractivity contribution in [3.8, 4) is 0 Å². The van der Waals surface area contributed by atoms with Crippen LogP contribution < -0.4 is 10.6 Å². The van der Waals surface area contributed by atoms with Crippen molar-refractivity contribution in [3.63, 3.8) is 0 Å². The van der Waals surface area contributed by atoms with E-state index in [0.717, 1.165) is 17.8 Å². The maximum absolute atomic E-state index is 12.4. The van der Waals surface area contributed by atoms with Gasteiger partial charge in [-0.05, 0) is 37.9 Å². The number of nitrogens with one attached hydrogen (secondary N) is 2. The van der Waals surface area contributed by atoms with Crippen molar-refractivity contribution in [2.75, 3.05) is 45.3 Å². The first-order valence-corrected chi connectivity index (χ1v) is 10.8. The fraction of sp³-hybridized carbons (Fsp3) is 0.409. The Kier molecular flexibility index (Phi) is 10.2. The number of amides is 1. The van der Waals surface area contributed by atoms with Crippen LogP contribution in [0.15, 0.2) is 30.3 Å². The number of ether oxygens (including phenoxy) is 3. The van der Waals surface area contributed by atoms with Crippen molar-refractivity contribution >= 4 is 34.2 Å². The van der Waals surface area contributed by atoms with Crippen LogP contribution in [0.2, 0.25) is 0 Å². The van der Waals surface area contributed by atoms with Gasteiger partial charge in [0, 0.05) is 7.11 Å². The van der Waals surface area contributed by atoms with Gasteiger partial charge in [0.1, 0.15) is 16.5 Å². The Morgan fingerprint density at radius 1 is 1.03 bits per heavy atom. The summed E-state index contributed by atoms with van der Waals surface area (Å²) in [5.41, 5.74) is 1.76. The molecule has 2 aromatic rings. The lowest BCUT2D eigenvalue weighted by molar-refractivity contribution is -0.115. The lowest BCUT2D eigenvalue weighted by atomic mass is 10.1. The van der Waals surface area contributed by atoms with E-state index in [1.807, 2.05) is 30.3 Å². The molecule has 1 amide bonds. The van der Waals surface area contributed by atoms with Crippen LogP contribution in [0.25, 0.3) is 0 Å². The third kappa shape index (κ3) is 7.46. The summed E-state index contributed by atoms with van der Waals surface area (Å²) in [6, 6.07) is 9.94. The van der Waals surface area contributed by atoms with Gasteiger partial charge in [0.05, 0.1) is 25.3 Å². The molecule has 0 aliphatic carbocycles. The molecule has 0 saturated carbocycles. The van der Waals surface area contributed by atoms with Crippen molar-refractivity contribution in [2.45, 2.75) is 20.3 Å². The molecule has 31 heavy (non-hydrogen) atoms. The number of methoxy groups -OCH3 is 1. The highest BCUT2D eigenvalue weighted by molar-refractivity contribution is 7.18. The number of carbonyl (C=O) groups is 3. The van der Waals surface area contributed by atoms with Gasteiger partial charge in [0.15, 0.2) is 0 Å². The zero-order chi connectivity index (χ0) is 22.6. The third-order valence-electron chi connectivity index (χ3n) is 4.30. The first-order valence-electron chi connectivity index (χ1n) is 9.99. The molecule has 0 aliphatic rings. The largest absolute Gasteiger partial charge is 0.462 e. The van der Waals surface area contributed by atoms with Crippen molar-refractivity contribution in [2.24, 2.45) is 0 Å². The minimum Gasteiger partial charge on any atom is -0.462 e. The summed E-state index contributed by atoms with van der Waals surface area (Å²) in [5, 5.41) is 6.06. The zero-order valence-corrected chi connectivity index (χ0v) is 18.8. The van der Waals surface area contributed by atoms with Crippen molar-refractivity contribution < 1.29 is 28.6 Å². The van der Waals surface area contributed by atoms with Crippen LogP contribution in [0.3, 0.4) is 0 Å². The third-order valence-corrected chi connectivity index (χ3v) is 5.49. The van der Waals surface area contributed by atoms with Crippen LogP contribution >= 0.6 is 11.3 Å². The molecule has 0 unspecified atom stereocenters. The number of carbonyl (C=O) groups excluding carboxylic acids is 3. The highest BCUT2D eigenvalue weighted by Crippen LogP contribution is 2.34. The molecule has 2 rings (SSSR count). The molecule has 0 bridgehead atoms. The number of thiophene rings is 1. The topological polar surface area (TPSA) is 103 Å². The molecule has 1 aromatic heterocycles. The standard InChI is InChI=1S/C22H28N2O6S/c1-4-29-21(26)18-15(2)19(22(27)30-13-12-28-3)31-20(18)24-17(25)14-23-11-10-16-8-6-5-7-9-16/h5-9,23H,4,10-14H2,1-3H3,(H,24,25). The lowest BCUT2D eigenvalue weighted by Crippen LogP contribution is -2.29. The van der Waals surface area contributed by atoms with E-state index in [9.17, 15) is 14.4 Å². The molecule has 168 valence electrons. The summed E-state index contributed by atoms with van der Waals surface area (Å²) < 4.78 is 15.1. The van der Waals surface area contributed by atoms with Crippen LogP contribution in [0.4, 0.5) is 5.00 Å². The van der Waals surface area contributed by atoms with Crippen LogP contribution in [0.1, 0.15) is 38.1 Å². The van der Waals surface area contributed by atoms with Gasteiger partial charge in [0.2, 0.25) is 5.91 Å². The molecule has 0 spiro atoms. The SMILES string of the molecule is CCOC(=O)c1c(NC(=O)CNCCc2ccccc2)sc(C(=O)OCCOC)c1C. The quantitative estimate of drug-likeness (QED) is 0.380. The predicted molar refractivity (Wildman–Crippen MR) is 119 cm³/mol. The van der Waals surface area contributed by atoms with Crippen molar-refractivity contribution in [1.29, 1.82) is 0 Å². The van der Waals surface area contributed by atoms with Crippen molar-refractivity contribution in [1.82, 2.24) is 5.32 Å². The molecule has 0 atom stereocenters. The van der Waals surface area contributed by atoms with Gasteiger partial charge < -0.3 is 24.8 Å². The highest BCUT2D eigenvalue weighted by Gasteiger charge is 2.27. The second-order valence-electron chi connectivity index (χ2n) is 6.57. The summed E-state index contributed by atoms with van der Waals surface area (Å²) in [5.74, 6) is -1.50. The molecule has 1 aromatic carbocycles. The highest BCUT2D eigenvalue weighted by atomic mass is 32.1. The Balaban J connectivity index is 2.03. The summed E-state index contributed by atoms with van der Waals surface area (Å²) in [6.07, 6.45) is 0.789. The van der Waals surface area contributed by atoms with Crippen LogP contribution in [-0.4, -0.2) is 57.9 Å². The average Bonchev–Trinajstić information content (AvgIpc) is 3.08. The second kappa shape index (κ2) is 12.8. The number of anilines is 1. The van der Waals surface area contributed by atoms with Gasteiger partial charge in [-0.1, -0.05) is 30.3 Å². The van der Waals surface area contributed by atoms with Gasteiger partial charge in [-0.3, -0.25) is 4.79 Å². The van der Waals surface area contributed by atoms with E-state index in [1.54, 1.807) is 13.8 Å². The Hall–Kier alpha value is -2.75. The summed E-state index contributed by atoms with van der Waals surface area (Å²) >= 11 is 0.995. The fourth-order valence-corrected chi connectivity index (χ4v) is 3.88. The normalized spacial score (nSPS) is 10.5. The molecule has 0 aliphatic heterocycles. The van der Waals surface area contributed by atoms with Gasteiger partial charge in [-0.25, -0.2) is 9.59 Å². The first-order chi connectivity index (χ1) is 15.0. The van der Waals surface area contributed by atoms with Gasteiger partial charge >= 0.3 is 11.9 Å². The minimum atomic E-state index is -0.598. The number of hydrogen-bond donors (Lipinski definition) is 2. The maximum atomic E-state index is 12.4. The van der Waals surface area contributed by atoms with Gasteiger partial charge in [-0.15, -0.1) is 11.3 Å². The van der Waals surface area contributed by atoms with Crippen LogP contribution in [0, 0.1) is 6.92 Å². The predicted octanol–water partition coefficient (Wildman–Crippen LogP) is 2.81. The number of hydrogen-bond acceptors (Lipinski definition) is 8. The molecule has 1 heterocycles.